The molecule has 0 heterocycles. The molecular formula is C23H22. The molecule has 0 nitrogen and oxygen atoms in total. The van der Waals surface area contributed by atoms with E-state index in [4.69, 9.17) is 0 Å². The highest BCUT2D eigenvalue weighted by Crippen LogP contribution is 2.22. The molecule has 0 unspecified atom stereocenters. The van der Waals surface area contributed by atoms with Crippen LogP contribution in [0, 0.1) is 18.8 Å². The van der Waals surface area contributed by atoms with E-state index in [2.05, 4.69) is 100 Å². The molecule has 3 aromatic carbocycles. The van der Waals surface area contributed by atoms with Gasteiger partial charge in [0.05, 0.1) is 0 Å². The predicted molar refractivity (Wildman–Crippen MR) is 99.8 cm³/mol. The first-order chi connectivity index (χ1) is 10.9. The second-order valence-corrected chi connectivity index (χ2v) is 7.09. The Balaban J connectivity index is 1.91. The summed E-state index contributed by atoms with van der Waals surface area (Å²) in [7, 11) is 0. The van der Waals surface area contributed by atoms with E-state index in [0.717, 1.165) is 11.1 Å². The maximum Gasteiger partial charge on any atom is 0.0255 e. The largest absolute Gasteiger partial charge is 0.0617 e. The molecule has 0 fully saturated rings. The van der Waals surface area contributed by atoms with Crippen molar-refractivity contribution in [1.82, 2.24) is 0 Å². The Morgan fingerprint density at radius 2 is 1.39 bits per heavy atom. The van der Waals surface area contributed by atoms with Crippen LogP contribution in [0.2, 0.25) is 0 Å². The summed E-state index contributed by atoms with van der Waals surface area (Å²) in [5.41, 5.74) is 4.93. The van der Waals surface area contributed by atoms with Gasteiger partial charge >= 0.3 is 0 Å². The molecule has 0 aliphatic heterocycles. The van der Waals surface area contributed by atoms with Crippen molar-refractivity contribution in [2.75, 3.05) is 0 Å². The van der Waals surface area contributed by atoms with Crippen LogP contribution in [0.5, 0.6) is 0 Å². The van der Waals surface area contributed by atoms with E-state index in [-0.39, 0.29) is 5.41 Å². The molecule has 0 aliphatic rings. The van der Waals surface area contributed by atoms with E-state index in [0.29, 0.717) is 0 Å². The van der Waals surface area contributed by atoms with Gasteiger partial charge in [0.15, 0.2) is 0 Å². The Labute approximate surface area is 139 Å². The van der Waals surface area contributed by atoms with E-state index in [1.807, 2.05) is 0 Å². The average Bonchev–Trinajstić information content (AvgIpc) is 2.53. The first kappa shape index (κ1) is 15.4. The van der Waals surface area contributed by atoms with Crippen LogP contribution in [-0.4, -0.2) is 0 Å². The smallest absolute Gasteiger partial charge is 0.0255 e. The second-order valence-electron chi connectivity index (χ2n) is 7.09. The predicted octanol–water partition coefficient (Wildman–Crippen LogP) is 5.85. The third kappa shape index (κ3) is 3.46. The van der Waals surface area contributed by atoms with Gasteiger partial charge in [-0.3, -0.25) is 0 Å². The Kier molecular flexibility index (Phi) is 3.97. The molecule has 3 aromatic rings. The Bertz CT molecular complexity index is 895. The lowest BCUT2D eigenvalue weighted by molar-refractivity contribution is 0.590. The second kappa shape index (κ2) is 5.94. The van der Waals surface area contributed by atoms with Gasteiger partial charge in [-0.1, -0.05) is 69.0 Å². The summed E-state index contributed by atoms with van der Waals surface area (Å²) in [6.07, 6.45) is 0. The van der Waals surface area contributed by atoms with E-state index in [1.165, 1.54) is 21.9 Å². The molecule has 0 atom stereocenters. The zero-order chi connectivity index (χ0) is 16.4. The van der Waals surface area contributed by atoms with Gasteiger partial charge in [0, 0.05) is 11.1 Å². The first-order valence-corrected chi connectivity index (χ1v) is 8.05. The molecule has 23 heavy (non-hydrogen) atoms. The number of hydrogen-bond donors (Lipinski definition) is 0. The van der Waals surface area contributed by atoms with Crippen molar-refractivity contribution < 1.29 is 0 Å². The average molecular weight is 298 g/mol. The summed E-state index contributed by atoms with van der Waals surface area (Å²) in [5.74, 6) is 6.56. The van der Waals surface area contributed by atoms with Gasteiger partial charge in [0.25, 0.3) is 0 Å². The lowest BCUT2D eigenvalue weighted by atomic mass is 9.87. The molecule has 0 bridgehead atoms. The highest BCUT2D eigenvalue weighted by atomic mass is 14.2. The maximum absolute atomic E-state index is 3.29. The van der Waals surface area contributed by atoms with Crippen LogP contribution in [0.3, 0.4) is 0 Å². The Morgan fingerprint density at radius 1 is 0.739 bits per heavy atom. The fourth-order valence-corrected chi connectivity index (χ4v) is 2.70. The summed E-state index contributed by atoms with van der Waals surface area (Å²) in [6, 6.07) is 21.4. The summed E-state index contributed by atoms with van der Waals surface area (Å²) in [6.45, 7) is 8.83. The number of benzene rings is 3. The van der Waals surface area contributed by atoms with Crippen molar-refractivity contribution in [1.29, 1.82) is 0 Å². The standard InChI is InChI=1S/C23H22/c1-17-6-5-7-20-13-10-19(16-22(17)20)9-8-18-11-14-21(15-12-18)23(2,3)4/h5-7,10-16H,1-4H3. The fourth-order valence-electron chi connectivity index (χ4n) is 2.70. The Hall–Kier alpha value is -2.52. The van der Waals surface area contributed by atoms with Gasteiger partial charge in [-0.2, -0.15) is 0 Å². The zero-order valence-corrected chi connectivity index (χ0v) is 14.3. The fraction of sp³-hybridized carbons (Fsp3) is 0.217. The quantitative estimate of drug-likeness (QED) is 0.457. The van der Waals surface area contributed by atoms with Crippen molar-refractivity contribution in [3.8, 4) is 11.8 Å². The molecule has 0 radical (unpaired) electrons. The molecule has 0 N–H and O–H groups in total. The minimum Gasteiger partial charge on any atom is -0.0617 e. The van der Waals surface area contributed by atoms with Crippen molar-refractivity contribution in [2.45, 2.75) is 33.1 Å². The minimum atomic E-state index is 0.182. The van der Waals surface area contributed by atoms with Crippen molar-refractivity contribution >= 4 is 10.8 Å². The lowest BCUT2D eigenvalue weighted by Crippen LogP contribution is -2.10. The van der Waals surface area contributed by atoms with Gasteiger partial charge in [-0.15, -0.1) is 0 Å². The normalized spacial score (nSPS) is 11.1. The molecule has 0 aliphatic carbocycles. The van der Waals surface area contributed by atoms with E-state index in [1.54, 1.807) is 0 Å². The maximum atomic E-state index is 3.29. The van der Waals surface area contributed by atoms with Crippen LogP contribution in [0.15, 0.2) is 60.7 Å². The number of rotatable bonds is 0. The van der Waals surface area contributed by atoms with Crippen LogP contribution < -0.4 is 0 Å². The molecule has 0 heteroatoms. The summed E-state index contributed by atoms with van der Waals surface area (Å²) >= 11 is 0. The SMILES string of the molecule is Cc1cccc2ccc(C#Cc3ccc(C(C)(C)C)cc3)cc12. The van der Waals surface area contributed by atoms with Gasteiger partial charge in [0.1, 0.15) is 0 Å². The van der Waals surface area contributed by atoms with Crippen LogP contribution in [0.25, 0.3) is 10.8 Å². The molecule has 0 saturated carbocycles. The number of hydrogen-bond acceptors (Lipinski definition) is 0. The Morgan fingerprint density at radius 3 is 2.09 bits per heavy atom. The van der Waals surface area contributed by atoms with Gasteiger partial charge in [-0.25, -0.2) is 0 Å². The monoisotopic (exact) mass is 298 g/mol. The van der Waals surface area contributed by atoms with Crippen LogP contribution in [-0.2, 0) is 5.41 Å². The third-order valence-corrected chi connectivity index (χ3v) is 4.20. The summed E-state index contributed by atoms with van der Waals surface area (Å²) in [4.78, 5) is 0. The zero-order valence-electron chi connectivity index (χ0n) is 14.3. The third-order valence-electron chi connectivity index (χ3n) is 4.20. The van der Waals surface area contributed by atoms with Crippen molar-refractivity contribution in [2.24, 2.45) is 0 Å². The van der Waals surface area contributed by atoms with Crippen molar-refractivity contribution in [3.63, 3.8) is 0 Å². The van der Waals surface area contributed by atoms with Gasteiger partial charge in [0.2, 0.25) is 0 Å². The summed E-state index contributed by atoms with van der Waals surface area (Å²) in [5, 5.41) is 2.55. The topological polar surface area (TPSA) is 0 Å². The van der Waals surface area contributed by atoms with E-state index >= 15 is 0 Å². The van der Waals surface area contributed by atoms with E-state index < -0.39 is 0 Å². The van der Waals surface area contributed by atoms with Crippen molar-refractivity contribution in [3.05, 3.63) is 82.9 Å². The molecule has 0 aromatic heterocycles. The molecule has 3 rings (SSSR count). The highest BCUT2D eigenvalue weighted by Gasteiger charge is 2.12. The minimum absolute atomic E-state index is 0.182. The highest BCUT2D eigenvalue weighted by molar-refractivity contribution is 5.86. The molecule has 0 saturated heterocycles. The molecule has 0 amide bonds. The molecule has 0 spiro atoms. The number of aryl methyl sites for hydroxylation is 1. The van der Waals surface area contributed by atoms with Crippen LogP contribution in [0.1, 0.15) is 43.0 Å². The molecule has 114 valence electrons. The van der Waals surface area contributed by atoms with Gasteiger partial charge < -0.3 is 0 Å². The summed E-state index contributed by atoms with van der Waals surface area (Å²) < 4.78 is 0. The molecular weight excluding hydrogens is 276 g/mol. The number of fused-ring (bicyclic) bond motifs is 1. The van der Waals surface area contributed by atoms with Crippen LogP contribution >= 0.6 is 0 Å². The van der Waals surface area contributed by atoms with Crippen LogP contribution in [0.4, 0.5) is 0 Å². The lowest BCUT2D eigenvalue weighted by Gasteiger charge is -2.18. The van der Waals surface area contributed by atoms with E-state index in [9.17, 15) is 0 Å². The first-order valence-electron chi connectivity index (χ1n) is 8.05. The van der Waals surface area contributed by atoms with Gasteiger partial charge in [-0.05, 0) is 58.5 Å².